The predicted molar refractivity (Wildman–Crippen MR) is 141 cm³/mol. The largest absolute Gasteiger partial charge is 0.476 e. The summed E-state index contributed by atoms with van der Waals surface area (Å²) < 4.78 is 33.6. The Hall–Kier alpha value is -3.38. The highest BCUT2D eigenvalue weighted by atomic mass is 35.5. The number of hydrogen-bond donors (Lipinski definition) is 2. The van der Waals surface area contributed by atoms with Crippen LogP contribution in [0, 0.1) is 0 Å². The van der Waals surface area contributed by atoms with E-state index in [4.69, 9.17) is 27.9 Å². The maximum atomic E-state index is 13.2. The Labute approximate surface area is 219 Å². The molecule has 3 heterocycles. The quantitative estimate of drug-likeness (QED) is 0.367. The highest BCUT2D eigenvalue weighted by Crippen LogP contribution is 2.27. The molecule has 2 amide bonds. The number of thiophene rings is 1. The average molecular weight is 563 g/mol. The number of carbonyl (C=O) groups is 1. The lowest BCUT2D eigenvalue weighted by molar-refractivity contribution is 0.256. The van der Waals surface area contributed by atoms with Gasteiger partial charge in [0.05, 0.1) is 21.6 Å². The fourth-order valence-corrected chi connectivity index (χ4v) is 6.29. The SMILES string of the molecule is O=C(Nc1ccc(-n2ccc3cc(C4=NCCO4)ccc3c2=O)c(Cl)c1)NS(=O)(=O)c1ccc(Cl)s1. The zero-order valence-electron chi connectivity index (χ0n) is 18.2. The van der Waals surface area contributed by atoms with E-state index in [-0.39, 0.29) is 24.8 Å². The van der Waals surface area contributed by atoms with Crippen molar-refractivity contribution in [3.05, 3.63) is 86.1 Å². The van der Waals surface area contributed by atoms with E-state index in [9.17, 15) is 18.0 Å². The number of benzene rings is 2. The number of aromatic nitrogens is 1. The van der Waals surface area contributed by atoms with E-state index in [1.165, 1.54) is 28.8 Å². The predicted octanol–water partition coefficient (Wildman–Crippen LogP) is 4.65. The molecule has 0 unspecified atom stereocenters. The molecule has 9 nitrogen and oxygen atoms in total. The Morgan fingerprint density at radius 3 is 2.61 bits per heavy atom. The van der Waals surface area contributed by atoms with E-state index in [1.54, 1.807) is 30.5 Å². The normalized spacial score (nSPS) is 13.3. The molecular formula is C23H16Cl2N4O5S2. The maximum absolute atomic E-state index is 13.2. The molecule has 0 saturated carbocycles. The second-order valence-electron chi connectivity index (χ2n) is 7.61. The summed E-state index contributed by atoms with van der Waals surface area (Å²) in [7, 11) is -4.08. The van der Waals surface area contributed by atoms with Crippen LogP contribution in [-0.4, -0.2) is 38.1 Å². The van der Waals surface area contributed by atoms with E-state index < -0.39 is 16.1 Å². The number of pyridine rings is 1. The zero-order chi connectivity index (χ0) is 25.4. The lowest BCUT2D eigenvalue weighted by atomic mass is 10.1. The number of sulfonamides is 1. The van der Waals surface area contributed by atoms with Crippen molar-refractivity contribution in [2.45, 2.75) is 4.21 Å². The second-order valence-corrected chi connectivity index (χ2v) is 11.6. The Balaban J connectivity index is 1.37. The van der Waals surface area contributed by atoms with Crippen molar-refractivity contribution >= 4 is 73.0 Å². The first-order valence-corrected chi connectivity index (χ1v) is 13.5. The molecule has 36 heavy (non-hydrogen) atoms. The second kappa shape index (κ2) is 9.58. The molecule has 0 aliphatic carbocycles. The zero-order valence-corrected chi connectivity index (χ0v) is 21.3. The summed E-state index contributed by atoms with van der Waals surface area (Å²) in [6.07, 6.45) is 1.60. The molecule has 0 radical (unpaired) electrons. The Morgan fingerprint density at radius 2 is 1.92 bits per heavy atom. The summed E-state index contributed by atoms with van der Waals surface area (Å²) in [5.41, 5.74) is 1.14. The number of carbonyl (C=O) groups excluding carboxylic acids is 1. The summed E-state index contributed by atoms with van der Waals surface area (Å²) in [5.74, 6) is 0.559. The van der Waals surface area contributed by atoms with Crippen molar-refractivity contribution < 1.29 is 17.9 Å². The van der Waals surface area contributed by atoms with Crippen LogP contribution in [0.15, 0.2) is 74.8 Å². The molecule has 0 bridgehead atoms. The third kappa shape index (κ3) is 4.82. The van der Waals surface area contributed by atoms with Gasteiger partial charge in [0.1, 0.15) is 10.8 Å². The van der Waals surface area contributed by atoms with Crippen LogP contribution in [0.1, 0.15) is 5.56 Å². The van der Waals surface area contributed by atoms with Crippen molar-refractivity contribution in [1.29, 1.82) is 0 Å². The monoisotopic (exact) mass is 562 g/mol. The summed E-state index contributed by atoms with van der Waals surface area (Å²) in [6, 6.07) is 13.3. The van der Waals surface area contributed by atoms with Gasteiger partial charge in [0.25, 0.3) is 15.6 Å². The van der Waals surface area contributed by atoms with Crippen LogP contribution in [0.3, 0.4) is 0 Å². The first-order chi connectivity index (χ1) is 17.2. The third-order valence-electron chi connectivity index (χ3n) is 5.24. The standard InChI is InChI=1S/C23H16Cl2N4O5S2/c24-17-12-15(27-23(31)28-36(32,33)20-6-5-19(25)35-20)2-4-18(17)29-9-7-13-11-14(21-26-8-10-34-21)1-3-16(13)22(29)30/h1-7,9,11-12H,8,10H2,(H2,27,28,31). The van der Waals surface area contributed by atoms with Crippen molar-refractivity contribution in [2.24, 2.45) is 4.99 Å². The van der Waals surface area contributed by atoms with Gasteiger partial charge in [0.15, 0.2) is 0 Å². The van der Waals surface area contributed by atoms with E-state index in [0.717, 1.165) is 22.3 Å². The average Bonchev–Trinajstić information content (AvgIpc) is 3.52. The van der Waals surface area contributed by atoms with Crippen molar-refractivity contribution in [1.82, 2.24) is 9.29 Å². The molecule has 2 aromatic carbocycles. The van der Waals surface area contributed by atoms with Gasteiger partial charge in [-0.25, -0.2) is 22.9 Å². The highest BCUT2D eigenvalue weighted by Gasteiger charge is 2.20. The minimum Gasteiger partial charge on any atom is -0.476 e. The van der Waals surface area contributed by atoms with Crippen molar-refractivity contribution in [3.8, 4) is 5.69 Å². The fraction of sp³-hybridized carbons (Fsp3) is 0.0870. The molecule has 0 fully saturated rings. The van der Waals surface area contributed by atoms with Crippen LogP contribution < -0.4 is 15.6 Å². The van der Waals surface area contributed by atoms with Crippen LogP contribution in [0.25, 0.3) is 16.5 Å². The number of rotatable bonds is 5. The molecule has 1 aliphatic rings. The van der Waals surface area contributed by atoms with Crippen molar-refractivity contribution in [2.75, 3.05) is 18.5 Å². The Bertz CT molecular complexity index is 1710. The molecule has 2 N–H and O–H groups in total. The van der Waals surface area contributed by atoms with Crippen LogP contribution in [0.2, 0.25) is 9.36 Å². The lowest BCUT2D eigenvalue weighted by Gasteiger charge is -2.12. The van der Waals surface area contributed by atoms with Gasteiger partial charge in [0, 0.05) is 22.8 Å². The van der Waals surface area contributed by atoms with Crippen LogP contribution in [0.5, 0.6) is 0 Å². The van der Waals surface area contributed by atoms with E-state index in [1.807, 2.05) is 10.8 Å². The summed E-state index contributed by atoms with van der Waals surface area (Å²) in [4.78, 5) is 29.7. The summed E-state index contributed by atoms with van der Waals surface area (Å²) in [6.45, 7) is 1.15. The number of halogens is 2. The topological polar surface area (TPSA) is 119 Å². The molecule has 5 rings (SSSR count). The number of aliphatic imine (C=N–C) groups is 1. The minimum atomic E-state index is -4.08. The van der Waals surface area contributed by atoms with Crippen LogP contribution in [0.4, 0.5) is 10.5 Å². The molecule has 13 heteroatoms. The number of nitrogens with one attached hydrogen (secondary N) is 2. The molecule has 2 aromatic heterocycles. The Morgan fingerprint density at radius 1 is 1.08 bits per heavy atom. The molecule has 0 saturated heterocycles. The smallest absolute Gasteiger partial charge is 0.333 e. The van der Waals surface area contributed by atoms with Gasteiger partial charge in [-0.05, 0) is 60.0 Å². The maximum Gasteiger partial charge on any atom is 0.333 e. The number of nitrogens with zero attached hydrogens (tertiary/aromatic N) is 2. The Kier molecular flexibility index (Phi) is 6.47. The number of amides is 2. The summed E-state index contributed by atoms with van der Waals surface area (Å²) in [5, 5.41) is 3.80. The number of fused-ring (bicyclic) bond motifs is 1. The molecule has 4 aromatic rings. The van der Waals surface area contributed by atoms with E-state index in [0.29, 0.717) is 30.1 Å². The molecule has 184 valence electrons. The molecule has 1 aliphatic heterocycles. The van der Waals surface area contributed by atoms with Gasteiger partial charge < -0.3 is 10.1 Å². The third-order valence-corrected chi connectivity index (χ3v) is 8.60. The van der Waals surface area contributed by atoms with Crippen LogP contribution in [-0.2, 0) is 14.8 Å². The fourth-order valence-electron chi connectivity index (χ4n) is 3.63. The number of hydrogen-bond acceptors (Lipinski definition) is 7. The minimum absolute atomic E-state index is 0.0948. The van der Waals surface area contributed by atoms with Gasteiger partial charge in [-0.3, -0.25) is 9.36 Å². The number of urea groups is 1. The van der Waals surface area contributed by atoms with Gasteiger partial charge in [-0.1, -0.05) is 23.2 Å². The van der Waals surface area contributed by atoms with Gasteiger partial charge in [0.2, 0.25) is 5.90 Å². The van der Waals surface area contributed by atoms with Gasteiger partial charge in [-0.2, -0.15) is 0 Å². The highest BCUT2D eigenvalue weighted by molar-refractivity contribution is 7.92. The first kappa shape index (κ1) is 24.3. The molecular weight excluding hydrogens is 547 g/mol. The van der Waals surface area contributed by atoms with Gasteiger partial charge >= 0.3 is 6.03 Å². The number of anilines is 1. The van der Waals surface area contributed by atoms with Crippen LogP contribution >= 0.6 is 34.5 Å². The van der Waals surface area contributed by atoms with Crippen molar-refractivity contribution in [3.63, 3.8) is 0 Å². The van der Waals surface area contributed by atoms with E-state index >= 15 is 0 Å². The molecule has 0 spiro atoms. The number of ether oxygens (including phenoxy) is 1. The summed E-state index contributed by atoms with van der Waals surface area (Å²) >= 11 is 13.0. The molecule has 0 atom stereocenters. The lowest BCUT2D eigenvalue weighted by Crippen LogP contribution is -2.33. The first-order valence-electron chi connectivity index (χ1n) is 10.4. The van der Waals surface area contributed by atoms with Gasteiger partial charge in [-0.15, -0.1) is 11.3 Å². The van der Waals surface area contributed by atoms with E-state index in [2.05, 4.69) is 10.3 Å².